The first-order valence-corrected chi connectivity index (χ1v) is 7.86. The lowest BCUT2D eigenvalue weighted by Crippen LogP contribution is -2.29. The monoisotopic (exact) mass is 317 g/mol. The molecular formula is C16H16FN3OS. The number of hydrogen-bond donors (Lipinski definition) is 2. The van der Waals surface area contributed by atoms with Crippen LogP contribution in [0.15, 0.2) is 35.4 Å². The molecule has 22 heavy (non-hydrogen) atoms. The topological polar surface area (TPSA) is 60.2 Å². The molecule has 0 saturated heterocycles. The predicted octanol–water partition coefficient (Wildman–Crippen LogP) is 3.40. The Bertz CT molecular complexity index is 753. The summed E-state index contributed by atoms with van der Waals surface area (Å²) in [4.78, 5) is 6.08. The molecule has 1 aromatic carbocycles. The summed E-state index contributed by atoms with van der Waals surface area (Å²) in [6.45, 7) is 2.64. The van der Waals surface area contributed by atoms with Crippen molar-refractivity contribution in [1.82, 2.24) is 9.88 Å². The SMILES string of the molecule is Cc1csc(C2=C(O)CN(CCc3ccccc3F)C2=N)n1. The van der Waals surface area contributed by atoms with Crippen molar-refractivity contribution >= 4 is 22.7 Å². The van der Waals surface area contributed by atoms with Crippen molar-refractivity contribution in [1.29, 1.82) is 5.41 Å². The summed E-state index contributed by atoms with van der Waals surface area (Å²) in [6, 6.07) is 6.64. The fraction of sp³-hybridized carbons (Fsp3) is 0.250. The number of aliphatic hydroxyl groups is 1. The van der Waals surface area contributed by atoms with Crippen LogP contribution in [0.25, 0.3) is 5.57 Å². The third kappa shape index (κ3) is 2.74. The number of amidine groups is 1. The summed E-state index contributed by atoms with van der Waals surface area (Å²) in [6.07, 6.45) is 0.493. The second-order valence-corrected chi connectivity index (χ2v) is 6.09. The maximum absolute atomic E-state index is 13.6. The van der Waals surface area contributed by atoms with Gasteiger partial charge < -0.3 is 10.0 Å². The molecule has 6 heteroatoms. The van der Waals surface area contributed by atoms with Gasteiger partial charge in [-0.15, -0.1) is 11.3 Å². The van der Waals surface area contributed by atoms with Crippen LogP contribution in [0, 0.1) is 18.2 Å². The molecule has 1 aromatic heterocycles. The molecule has 0 radical (unpaired) electrons. The standard InChI is InChI=1S/C16H16FN3OS/c1-10-9-22-16(19-10)14-13(21)8-20(15(14)18)7-6-11-4-2-3-5-12(11)17/h2-5,9,18,21H,6-8H2,1H3. The van der Waals surface area contributed by atoms with Crippen LogP contribution in [-0.2, 0) is 6.42 Å². The molecule has 0 amide bonds. The van der Waals surface area contributed by atoms with Gasteiger partial charge >= 0.3 is 0 Å². The molecule has 2 N–H and O–H groups in total. The minimum absolute atomic E-state index is 0.160. The van der Waals surface area contributed by atoms with Crippen LogP contribution in [0.3, 0.4) is 0 Å². The normalized spacial score (nSPS) is 15.0. The van der Waals surface area contributed by atoms with E-state index in [0.717, 1.165) is 5.69 Å². The molecule has 1 aliphatic heterocycles. The minimum Gasteiger partial charge on any atom is -0.510 e. The lowest BCUT2D eigenvalue weighted by atomic mass is 10.1. The van der Waals surface area contributed by atoms with E-state index in [2.05, 4.69) is 4.98 Å². The summed E-state index contributed by atoms with van der Waals surface area (Å²) < 4.78 is 13.6. The Balaban J connectivity index is 1.71. The summed E-state index contributed by atoms with van der Waals surface area (Å²) in [5.74, 6) is 0.178. The zero-order valence-electron chi connectivity index (χ0n) is 12.1. The Morgan fingerprint density at radius 1 is 1.41 bits per heavy atom. The van der Waals surface area contributed by atoms with Gasteiger partial charge in [-0.2, -0.15) is 0 Å². The average molecular weight is 317 g/mol. The van der Waals surface area contributed by atoms with Gasteiger partial charge in [0.15, 0.2) is 0 Å². The van der Waals surface area contributed by atoms with E-state index in [0.29, 0.717) is 29.1 Å². The zero-order chi connectivity index (χ0) is 15.7. The fourth-order valence-corrected chi connectivity index (χ4v) is 3.34. The Labute approximate surface area is 132 Å². The van der Waals surface area contributed by atoms with E-state index in [4.69, 9.17) is 5.41 Å². The second-order valence-electron chi connectivity index (χ2n) is 5.23. The maximum atomic E-state index is 13.6. The number of thiazole rings is 1. The molecule has 0 saturated carbocycles. The van der Waals surface area contributed by atoms with Gasteiger partial charge in [0.05, 0.1) is 12.1 Å². The van der Waals surface area contributed by atoms with Crippen LogP contribution in [0.2, 0.25) is 0 Å². The number of hydrogen-bond acceptors (Lipinski definition) is 4. The number of nitrogens with one attached hydrogen (secondary N) is 1. The van der Waals surface area contributed by atoms with Crippen LogP contribution in [0.4, 0.5) is 4.39 Å². The van der Waals surface area contributed by atoms with Gasteiger partial charge in [-0.05, 0) is 25.0 Å². The molecule has 2 heterocycles. The van der Waals surface area contributed by atoms with Crippen LogP contribution < -0.4 is 0 Å². The molecule has 0 aliphatic carbocycles. The highest BCUT2D eigenvalue weighted by molar-refractivity contribution is 7.11. The Hall–Kier alpha value is -2.21. The molecule has 1 aliphatic rings. The van der Waals surface area contributed by atoms with Crippen molar-refractivity contribution in [3.63, 3.8) is 0 Å². The summed E-state index contributed by atoms with van der Waals surface area (Å²) in [5.41, 5.74) is 1.98. The quantitative estimate of drug-likeness (QED) is 0.908. The van der Waals surface area contributed by atoms with Crippen molar-refractivity contribution in [2.75, 3.05) is 13.1 Å². The molecule has 3 rings (SSSR count). The van der Waals surface area contributed by atoms with Gasteiger partial charge in [0.25, 0.3) is 0 Å². The van der Waals surface area contributed by atoms with Gasteiger partial charge in [-0.25, -0.2) is 9.37 Å². The van der Waals surface area contributed by atoms with Crippen molar-refractivity contribution in [2.45, 2.75) is 13.3 Å². The predicted molar refractivity (Wildman–Crippen MR) is 85.8 cm³/mol. The average Bonchev–Trinajstić information content (AvgIpc) is 3.02. The summed E-state index contributed by atoms with van der Waals surface area (Å²) >= 11 is 1.42. The number of aliphatic hydroxyl groups excluding tert-OH is 1. The van der Waals surface area contributed by atoms with E-state index in [9.17, 15) is 9.50 Å². The first kappa shape index (κ1) is 14.7. The van der Waals surface area contributed by atoms with Crippen molar-refractivity contribution in [3.05, 3.63) is 57.5 Å². The Kier molecular flexibility index (Phi) is 3.94. The van der Waals surface area contributed by atoms with Crippen LogP contribution in [0.1, 0.15) is 16.3 Å². The van der Waals surface area contributed by atoms with E-state index in [1.54, 1.807) is 23.1 Å². The fourth-order valence-electron chi connectivity index (χ4n) is 2.47. The first-order chi connectivity index (χ1) is 10.6. The highest BCUT2D eigenvalue weighted by atomic mass is 32.1. The molecule has 0 fully saturated rings. The van der Waals surface area contributed by atoms with Crippen molar-refractivity contribution < 1.29 is 9.50 Å². The highest BCUT2D eigenvalue weighted by Crippen LogP contribution is 2.29. The number of aromatic nitrogens is 1. The molecule has 0 atom stereocenters. The summed E-state index contributed by atoms with van der Waals surface area (Å²) in [5, 5.41) is 20.9. The number of nitrogens with zero attached hydrogens (tertiary/aromatic N) is 2. The minimum atomic E-state index is -0.235. The molecular weight excluding hydrogens is 301 g/mol. The molecule has 0 bridgehead atoms. The van der Waals surface area contributed by atoms with Crippen molar-refractivity contribution in [3.8, 4) is 0 Å². The number of benzene rings is 1. The van der Waals surface area contributed by atoms with Gasteiger partial charge in [0.1, 0.15) is 22.4 Å². The zero-order valence-corrected chi connectivity index (χ0v) is 13.0. The van der Waals surface area contributed by atoms with Crippen LogP contribution in [-0.4, -0.2) is 33.9 Å². The van der Waals surface area contributed by atoms with Crippen LogP contribution >= 0.6 is 11.3 Å². The number of halogens is 1. The smallest absolute Gasteiger partial charge is 0.135 e. The lowest BCUT2D eigenvalue weighted by molar-refractivity contribution is 0.350. The van der Waals surface area contributed by atoms with E-state index >= 15 is 0 Å². The molecule has 0 unspecified atom stereocenters. The van der Waals surface area contributed by atoms with E-state index < -0.39 is 0 Å². The van der Waals surface area contributed by atoms with Gasteiger partial charge in [-0.3, -0.25) is 5.41 Å². The Morgan fingerprint density at radius 2 is 2.18 bits per heavy atom. The lowest BCUT2D eigenvalue weighted by Gasteiger charge is -2.18. The first-order valence-electron chi connectivity index (χ1n) is 6.98. The Morgan fingerprint density at radius 3 is 2.86 bits per heavy atom. The van der Waals surface area contributed by atoms with E-state index in [1.807, 2.05) is 12.3 Å². The molecule has 114 valence electrons. The van der Waals surface area contributed by atoms with E-state index in [1.165, 1.54) is 17.4 Å². The third-order valence-corrected chi connectivity index (χ3v) is 4.60. The number of aryl methyl sites for hydroxylation is 1. The summed E-state index contributed by atoms with van der Waals surface area (Å²) in [7, 11) is 0. The molecule has 2 aromatic rings. The number of rotatable bonds is 4. The maximum Gasteiger partial charge on any atom is 0.135 e. The van der Waals surface area contributed by atoms with Crippen LogP contribution in [0.5, 0.6) is 0 Å². The molecule has 0 spiro atoms. The highest BCUT2D eigenvalue weighted by Gasteiger charge is 2.29. The second kappa shape index (κ2) is 5.88. The van der Waals surface area contributed by atoms with Gasteiger partial charge in [-0.1, -0.05) is 18.2 Å². The third-order valence-electron chi connectivity index (χ3n) is 3.62. The van der Waals surface area contributed by atoms with Gasteiger partial charge in [0.2, 0.25) is 0 Å². The molecule has 4 nitrogen and oxygen atoms in total. The van der Waals surface area contributed by atoms with Gasteiger partial charge in [0, 0.05) is 17.6 Å². The van der Waals surface area contributed by atoms with Crippen molar-refractivity contribution in [2.24, 2.45) is 0 Å². The largest absolute Gasteiger partial charge is 0.510 e. The van der Waals surface area contributed by atoms with E-state index in [-0.39, 0.29) is 24.0 Å².